The van der Waals surface area contributed by atoms with Crippen LogP contribution < -0.4 is 14.2 Å². The largest absolute Gasteiger partial charge is 0.493 e. The van der Waals surface area contributed by atoms with Gasteiger partial charge < -0.3 is 18.9 Å². The normalized spacial score (nSPS) is 12.7. The highest BCUT2D eigenvalue weighted by atomic mass is 16.5. The molecule has 0 amide bonds. The van der Waals surface area contributed by atoms with Crippen LogP contribution in [-0.4, -0.2) is 39.7 Å². The Balaban J connectivity index is 1.71. The molecule has 0 aromatic heterocycles. The summed E-state index contributed by atoms with van der Waals surface area (Å²) in [6.07, 6.45) is 4.37. The Morgan fingerprint density at radius 2 is 1.46 bits per heavy atom. The van der Waals surface area contributed by atoms with Crippen LogP contribution in [0.25, 0.3) is 0 Å². The van der Waals surface area contributed by atoms with E-state index in [9.17, 15) is 9.59 Å². The first-order chi connectivity index (χ1) is 13.6. The number of hydrogen-bond acceptors (Lipinski definition) is 6. The van der Waals surface area contributed by atoms with E-state index in [-0.39, 0.29) is 18.0 Å². The van der Waals surface area contributed by atoms with Crippen molar-refractivity contribution in [3.05, 3.63) is 52.6 Å². The average molecular weight is 384 g/mol. The van der Waals surface area contributed by atoms with Crippen LogP contribution >= 0.6 is 0 Å². The number of esters is 1. The Kier molecular flexibility index (Phi) is 6.19. The van der Waals surface area contributed by atoms with Crippen molar-refractivity contribution in [2.45, 2.75) is 25.7 Å². The molecule has 2 aromatic rings. The fourth-order valence-electron chi connectivity index (χ4n) is 3.40. The molecule has 0 spiro atoms. The van der Waals surface area contributed by atoms with Crippen molar-refractivity contribution < 1.29 is 28.5 Å². The molecule has 1 aliphatic carbocycles. The number of ether oxygens (including phenoxy) is 4. The molecule has 28 heavy (non-hydrogen) atoms. The summed E-state index contributed by atoms with van der Waals surface area (Å²) in [6, 6.07) is 8.72. The minimum absolute atomic E-state index is 0.216. The maximum atomic E-state index is 12.5. The van der Waals surface area contributed by atoms with Crippen LogP contribution in [0.3, 0.4) is 0 Å². The van der Waals surface area contributed by atoms with Gasteiger partial charge in [-0.25, -0.2) is 4.79 Å². The van der Waals surface area contributed by atoms with Crippen molar-refractivity contribution in [1.82, 2.24) is 0 Å². The summed E-state index contributed by atoms with van der Waals surface area (Å²) in [5, 5.41) is 0. The smallest absolute Gasteiger partial charge is 0.338 e. The molecular formula is C22H24O6. The molecule has 0 saturated carbocycles. The van der Waals surface area contributed by atoms with E-state index >= 15 is 0 Å². The number of methoxy groups -OCH3 is 3. The zero-order valence-corrected chi connectivity index (χ0v) is 16.4. The zero-order chi connectivity index (χ0) is 20.1. The number of fused-ring (bicyclic) bond motifs is 1. The predicted molar refractivity (Wildman–Crippen MR) is 104 cm³/mol. The minimum Gasteiger partial charge on any atom is -0.493 e. The topological polar surface area (TPSA) is 71.1 Å². The number of ketones is 1. The molecule has 6 heteroatoms. The summed E-state index contributed by atoms with van der Waals surface area (Å²) >= 11 is 0. The highest BCUT2D eigenvalue weighted by molar-refractivity contribution is 5.99. The van der Waals surface area contributed by atoms with Gasteiger partial charge in [0, 0.05) is 5.56 Å². The fraction of sp³-hybridized carbons (Fsp3) is 0.364. The molecule has 0 aliphatic heterocycles. The van der Waals surface area contributed by atoms with Crippen LogP contribution in [-0.2, 0) is 17.6 Å². The van der Waals surface area contributed by atoms with E-state index in [1.165, 1.54) is 51.0 Å². The van der Waals surface area contributed by atoms with Crippen molar-refractivity contribution in [3.8, 4) is 17.2 Å². The quantitative estimate of drug-likeness (QED) is 0.536. The second kappa shape index (κ2) is 8.78. The fourth-order valence-corrected chi connectivity index (χ4v) is 3.40. The van der Waals surface area contributed by atoms with E-state index < -0.39 is 5.97 Å². The number of carbonyl (C=O) groups excluding carboxylic acids is 2. The molecule has 148 valence electrons. The lowest BCUT2D eigenvalue weighted by molar-refractivity contribution is 0.0474. The molecule has 0 radical (unpaired) electrons. The summed E-state index contributed by atoms with van der Waals surface area (Å²) in [5.41, 5.74) is 3.30. The monoisotopic (exact) mass is 384 g/mol. The lowest BCUT2D eigenvalue weighted by Crippen LogP contribution is -2.15. The van der Waals surface area contributed by atoms with Gasteiger partial charge in [-0.3, -0.25) is 4.79 Å². The number of carbonyl (C=O) groups is 2. The number of Topliss-reactive ketones (excluding diaryl/α,β-unsaturated/α-hetero) is 1. The van der Waals surface area contributed by atoms with E-state index in [0.717, 1.165) is 19.3 Å². The summed E-state index contributed by atoms with van der Waals surface area (Å²) in [4.78, 5) is 24.9. The van der Waals surface area contributed by atoms with Gasteiger partial charge in [0.1, 0.15) is 0 Å². The molecule has 0 fully saturated rings. The highest BCUT2D eigenvalue weighted by Crippen LogP contribution is 2.38. The van der Waals surface area contributed by atoms with Crippen LogP contribution in [0.15, 0.2) is 30.3 Å². The molecule has 6 nitrogen and oxygen atoms in total. The summed E-state index contributed by atoms with van der Waals surface area (Å²) < 4.78 is 20.9. The van der Waals surface area contributed by atoms with Gasteiger partial charge in [-0.2, -0.15) is 0 Å². The van der Waals surface area contributed by atoms with Crippen molar-refractivity contribution in [2.75, 3.05) is 27.9 Å². The summed E-state index contributed by atoms with van der Waals surface area (Å²) in [7, 11) is 4.41. The van der Waals surface area contributed by atoms with Crippen molar-refractivity contribution in [2.24, 2.45) is 0 Å². The third-order valence-corrected chi connectivity index (χ3v) is 4.91. The molecule has 0 N–H and O–H groups in total. The first-order valence-electron chi connectivity index (χ1n) is 9.19. The Morgan fingerprint density at radius 3 is 2.07 bits per heavy atom. The maximum Gasteiger partial charge on any atom is 0.338 e. The van der Waals surface area contributed by atoms with Gasteiger partial charge in [-0.15, -0.1) is 0 Å². The van der Waals surface area contributed by atoms with Gasteiger partial charge in [0.05, 0.1) is 26.9 Å². The van der Waals surface area contributed by atoms with Crippen LogP contribution in [0.1, 0.15) is 44.7 Å². The van der Waals surface area contributed by atoms with E-state index in [2.05, 4.69) is 0 Å². The first-order valence-corrected chi connectivity index (χ1v) is 9.19. The van der Waals surface area contributed by atoms with Crippen LogP contribution in [0.2, 0.25) is 0 Å². The maximum absolute atomic E-state index is 12.5. The molecule has 0 heterocycles. The van der Waals surface area contributed by atoms with E-state index in [1.807, 2.05) is 12.1 Å². The third kappa shape index (κ3) is 4.11. The van der Waals surface area contributed by atoms with E-state index in [4.69, 9.17) is 18.9 Å². The molecule has 1 aliphatic rings. The number of benzene rings is 2. The Hall–Kier alpha value is -3.02. The predicted octanol–water partition coefficient (Wildman–Crippen LogP) is 3.63. The van der Waals surface area contributed by atoms with Gasteiger partial charge in [-0.05, 0) is 55.0 Å². The number of aryl methyl sites for hydroxylation is 2. The second-order valence-electron chi connectivity index (χ2n) is 6.60. The van der Waals surface area contributed by atoms with Crippen molar-refractivity contribution >= 4 is 11.8 Å². The van der Waals surface area contributed by atoms with Crippen LogP contribution in [0, 0.1) is 0 Å². The Morgan fingerprint density at radius 1 is 0.821 bits per heavy atom. The Bertz CT molecular complexity index is 862. The average Bonchev–Trinajstić information content (AvgIpc) is 2.75. The second-order valence-corrected chi connectivity index (χ2v) is 6.60. The number of rotatable bonds is 7. The Labute approximate surface area is 164 Å². The molecule has 0 atom stereocenters. The minimum atomic E-state index is -0.634. The SMILES string of the molecule is COc1cc(C(=O)OCC(=O)c2ccc3c(c2)CCCC3)cc(OC)c1OC. The first kappa shape index (κ1) is 19.7. The third-order valence-electron chi connectivity index (χ3n) is 4.91. The summed E-state index contributed by atoms with van der Waals surface area (Å²) in [6.45, 7) is -0.325. The van der Waals surface area contributed by atoms with Crippen molar-refractivity contribution in [3.63, 3.8) is 0 Å². The van der Waals surface area contributed by atoms with Crippen LogP contribution in [0.5, 0.6) is 17.2 Å². The molecule has 2 aromatic carbocycles. The lowest BCUT2D eigenvalue weighted by Gasteiger charge is -2.16. The molecule has 0 saturated heterocycles. The van der Waals surface area contributed by atoms with Gasteiger partial charge >= 0.3 is 5.97 Å². The standard InChI is InChI=1S/C22H24O6/c1-25-19-11-17(12-20(26-2)21(19)27-3)22(24)28-13-18(23)16-9-8-14-6-4-5-7-15(14)10-16/h8-12H,4-7,13H2,1-3H3. The van der Waals surface area contributed by atoms with Gasteiger partial charge in [0.2, 0.25) is 5.75 Å². The number of hydrogen-bond donors (Lipinski definition) is 0. The zero-order valence-electron chi connectivity index (χ0n) is 16.4. The highest BCUT2D eigenvalue weighted by Gasteiger charge is 2.19. The van der Waals surface area contributed by atoms with Crippen LogP contribution in [0.4, 0.5) is 0 Å². The molecule has 3 rings (SSSR count). The van der Waals surface area contributed by atoms with Gasteiger partial charge in [-0.1, -0.05) is 12.1 Å². The van der Waals surface area contributed by atoms with E-state index in [0.29, 0.717) is 22.8 Å². The van der Waals surface area contributed by atoms with E-state index in [1.54, 1.807) is 6.07 Å². The molecule has 0 bridgehead atoms. The van der Waals surface area contributed by atoms with Gasteiger partial charge in [0.15, 0.2) is 23.9 Å². The van der Waals surface area contributed by atoms with Crippen molar-refractivity contribution in [1.29, 1.82) is 0 Å². The summed E-state index contributed by atoms with van der Waals surface area (Å²) in [5.74, 6) is 0.205. The van der Waals surface area contributed by atoms with Gasteiger partial charge in [0.25, 0.3) is 0 Å². The molecular weight excluding hydrogens is 360 g/mol. The molecule has 0 unspecified atom stereocenters. The lowest BCUT2D eigenvalue weighted by atomic mass is 9.90.